The van der Waals surface area contributed by atoms with Crippen LogP contribution < -0.4 is 5.32 Å². The first-order valence-electron chi connectivity index (χ1n) is 12.9. The number of fused-ring (bicyclic) bond motifs is 1. The summed E-state index contributed by atoms with van der Waals surface area (Å²) in [4.78, 5) is 32.9. The summed E-state index contributed by atoms with van der Waals surface area (Å²) in [6.45, 7) is 8.60. The lowest BCUT2D eigenvalue weighted by molar-refractivity contribution is -0.156. The van der Waals surface area contributed by atoms with Crippen LogP contribution in [0.4, 0.5) is 0 Å². The number of aliphatic hydroxyl groups is 1. The molecule has 0 radical (unpaired) electrons. The number of nitrogens with zero attached hydrogens (tertiary/aromatic N) is 2. The summed E-state index contributed by atoms with van der Waals surface area (Å²) < 4.78 is 0. The largest absolute Gasteiger partial charge is 0.384 e. The SMILES string of the molecule is CC(C)[C@@H](NC(=O)CCc1ccc2ccccc2n1)C(=O)N1CC[C@](O)(c2ccc(Cl)cc2)C(C)(C)C1. The molecule has 2 amide bonds. The van der Waals surface area contributed by atoms with Crippen LogP contribution in [0.25, 0.3) is 10.9 Å². The van der Waals surface area contributed by atoms with Gasteiger partial charge in [0.15, 0.2) is 0 Å². The van der Waals surface area contributed by atoms with Crippen molar-refractivity contribution < 1.29 is 14.7 Å². The van der Waals surface area contributed by atoms with E-state index < -0.39 is 17.1 Å². The van der Waals surface area contributed by atoms with E-state index in [4.69, 9.17) is 11.6 Å². The molecule has 1 aliphatic rings. The third-order valence-corrected chi connectivity index (χ3v) is 7.85. The van der Waals surface area contributed by atoms with Crippen molar-refractivity contribution in [3.05, 3.63) is 76.9 Å². The molecule has 0 bridgehead atoms. The van der Waals surface area contributed by atoms with Crippen LogP contribution in [-0.2, 0) is 21.6 Å². The molecule has 2 heterocycles. The van der Waals surface area contributed by atoms with Crippen LogP contribution in [0.5, 0.6) is 0 Å². The van der Waals surface area contributed by atoms with E-state index in [2.05, 4.69) is 10.3 Å². The van der Waals surface area contributed by atoms with Crippen molar-refractivity contribution >= 4 is 34.3 Å². The van der Waals surface area contributed by atoms with Gasteiger partial charge in [-0.05, 0) is 48.6 Å². The third-order valence-electron chi connectivity index (χ3n) is 7.60. The molecular formula is C30H36ClN3O3. The van der Waals surface area contributed by atoms with Gasteiger partial charge in [-0.2, -0.15) is 0 Å². The number of nitrogens with one attached hydrogen (secondary N) is 1. The Morgan fingerprint density at radius 2 is 1.78 bits per heavy atom. The molecule has 2 aromatic carbocycles. The summed E-state index contributed by atoms with van der Waals surface area (Å²) in [6, 6.07) is 18.5. The van der Waals surface area contributed by atoms with E-state index >= 15 is 0 Å². The second kappa shape index (κ2) is 10.8. The first-order chi connectivity index (χ1) is 17.5. The average Bonchev–Trinajstić information content (AvgIpc) is 2.87. The second-order valence-electron chi connectivity index (χ2n) is 11.0. The molecule has 1 aliphatic heterocycles. The van der Waals surface area contributed by atoms with E-state index in [1.54, 1.807) is 17.0 Å². The standard InChI is InChI=1S/C30H36ClN3O3/c1-20(2)27(33-26(35)16-15-24-14-9-21-7-5-6-8-25(21)32-24)28(36)34-18-17-30(37,29(3,4)19-34)22-10-12-23(31)13-11-22/h5-14,20,27,37H,15-19H2,1-4H3,(H,33,35)/t27-,30+/m1/s1. The number of para-hydroxylation sites is 1. The number of pyridine rings is 1. The van der Waals surface area contributed by atoms with Gasteiger partial charge in [-0.1, -0.05) is 75.7 Å². The first kappa shape index (κ1) is 27.1. The van der Waals surface area contributed by atoms with Crippen LogP contribution in [0.3, 0.4) is 0 Å². The zero-order valence-electron chi connectivity index (χ0n) is 22.0. The molecule has 196 valence electrons. The highest BCUT2D eigenvalue weighted by Gasteiger charge is 2.50. The minimum Gasteiger partial charge on any atom is -0.384 e. The number of piperidine rings is 1. The number of amides is 2. The van der Waals surface area contributed by atoms with Gasteiger partial charge in [-0.25, -0.2) is 0 Å². The smallest absolute Gasteiger partial charge is 0.245 e. The Hall–Kier alpha value is -2.96. The first-order valence-corrected chi connectivity index (χ1v) is 13.3. The lowest BCUT2D eigenvalue weighted by atomic mass is 9.66. The van der Waals surface area contributed by atoms with E-state index in [0.717, 1.165) is 22.2 Å². The monoisotopic (exact) mass is 521 g/mol. The quantitative estimate of drug-likeness (QED) is 0.452. The third kappa shape index (κ3) is 5.81. The molecule has 1 fully saturated rings. The maximum Gasteiger partial charge on any atom is 0.245 e. The van der Waals surface area contributed by atoms with Gasteiger partial charge >= 0.3 is 0 Å². The highest BCUT2D eigenvalue weighted by Crippen LogP contribution is 2.46. The Morgan fingerprint density at radius 1 is 1.08 bits per heavy atom. The molecule has 0 spiro atoms. The number of carbonyl (C=O) groups is 2. The minimum atomic E-state index is -1.09. The molecule has 6 nitrogen and oxygen atoms in total. The highest BCUT2D eigenvalue weighted by molar-refractivity contribution is 6.30. The Balaban J connectivity index is 1.40. The molecule has 0 saturated carbocycles. The summed E-state index contributed by atoms with van der Waals surface area (Å²) in [5, 5.41) is 16.3. The van der Waals surface area contributed by atoms with Crippen LogP contribution in [-0.4, -0.2) is 45.9 Å². The summed E-state index contributed by atoms with van der Waals surface area (Å²) in [5.41, 5.74) is 0.868. The normalized spacial score (nSPS) is 20.1. The van der Waals surface area contributed by atoms with Gasteiger partial charge in [0.2, 0.25) is 11.8 Å². The summed E-state index contributed by atoms with van der Waals surface area (Å²) in [5.74, 6) is -0.357. The van der Waals surface area contributed by atoms with Crippen molar-refractivity contribution in [2.24, 2.45) is 11.3 Å². The predicted octanol–water partition coefficient (Wildman–Crippen LogP) is 5.11. The fourth-order valence-electron chi connectivity index (χ4n) is 5.22. The van der Waals surface area contributed by atoms with Gasteiger partial charge in [0.05, 0.1) is 11.1 Å². The van der Waals surface area contributed by atoms with Gasteiger partial charge in [0.1, 0.15) is 6.04 Å². The van der Waals surface area contributed by atoms with Crippen molar-refractivity contribution in [2.45, 2.75) is 58.6 Å². The van der Waals surface area contributed by atoms with Crippen molar-refractivity contribution in [2.75, 3.05) is 13.1 Å². The maximum absolute atomic E-state index is 13.6. The van der Waals surface area contributed by atoms with Crippen LogP contribution in [0.15, 0.2) is 60.7 Å². The number of aromatic nitrogens is 1. The van der Waals surface area contributed by atoms with Crippen molar-refractivity contribution in [1.29, 1.82) is 0 Å². The fourth-order valence-corrected chi connectivity index (χ4v) is 5.34. The molecule has 3 aromatic rings. The Bertz CT molecular complexity index is 1270. The van der Waals surface area contributed by atoms with E-state index in [0.29, 0.717) is 31.0 Å². The van der Waals surface area contributed by atoms with E-state index in [9.17, 15) is 14.7 Å². The summed E-state index contributed by atoms with van der Waals surface area (Å²) in [6.07, 6.45) is 1.16. The van der Waals surface area contributed by atoms with Crippen LogP contribution in [0.2, 0.25) is 5.02 Å². The molecule has 0 unspecified atom stereocenters. The molecular weight excluding hydrogens is 486 g/mol. The summed E-state index contributed by atoms with van der Waals surface area (Å²) in [7, 11) is 0. The van der Waals surface area contributed by atoms with Gasteiger partial charge in [0, 0.05) is 41.0 Å². The highest BCUT2D eigenvalue weighted by atomic mass is 35.5. The van der Waals surface area contributed by atoms with Crippen molar-refractivity contribution in [1.82, 2.24) is 15.2 Å². The molecule has 37 heavy (non-hydrogen) atoms. The zero-order valence-corrected chi connectivity index (χ0v) is 22.8. The number of aryl methyl sites for hydroxylation is 1. The lowest BCUT2D eigenvalue weighted by Crippen LogP contribution is -2.60. The van der Waals surface area contributed by atoms with Gasteiger partial charge < -0.3 is 15.3 Å². The number of halogens is 1. The lowest BCUT2D eigenvalue weighted by Gasteiger charge is -2.51. The fraction of sp³-hybridized carbons (Fsp3) is 0.433. The maximum atomic E-state index is 13.6. The van der Waals surface area contributed by atoms with Crippen molar-refractivity contribution in [3.63, 3.8) is 0 Å². The van der Waals surface area contributed by atoms with E-state index in [-0.39, 0.29) is 24.2 Å². The number of hydrogen-bond donors (Lipinski definition) is 2. The molecule has 2 N–H and O–H groups in total. The number of carbonyl (C=O) groups excluding carboxylic acids is 2. The van der Waals surface area contributed by atoms with E-state index in [1.807, 2.05) is 76.2 Å². The molecule has 7 heteroatoms. The number of rotatable bonds is 7. The van der Waals surface area contributed by atoms with Gasteiger partial charge in [0.25, 0.3) is 0 Å². The molecule has 1 saturated heterocycles. The second-order valence-corrected chi connectivity index (χ2v) is 11.5. The van der Waals surface area contributed by atoms with E-state index in [1.165, 1.54) is 0 Å². The topological polar surface area (TPSA) is 82.5 Å². The minimum absolute atomic E-state index is 0.0737. The van der Waals surface area contributed by atoms with Gasteiger partial charge in [-0.3, -0.25) is 14.6 Å². The molecule has 1 aromatic heterocycles. The summed E-state index contributed by atoms with van der Waals surface area (Å²) >= 11 is 6.05. The number of hydrogen-bond acceptors (Lipinski definition) is 4. The van der Waals surface area contributed by atoms with Crippen molar-refractivity contribution in [3.8, 4) is 0 Å². The average molecular weight is 522 g/mol. The predicted molar refractivity (Wildman–Crippen MR) is 147 cm³/mol. The van der Waals surface area contributed by atoms with Crippen LogP contribution >= 0.6 is 11.6 Å². The number of likely N-dealkylation sites (tertiary alicyclic amines) is 1. The molecule has 0 aliphatic carbocycles. The Kier molecular flexibility index (Phi) is 7.91. The zero-order chi connectivity index (χ0) is 26.8. The Morgan fingerprint density at radius 3 is 2.46 bits per heavy atom. The number of benzene rings is 2. The molecule has 4 rings (SSSR count). The Labute approximate surface area is 224 Å². The van der Waals surface area contributed by atoms with Gasteiger partial charge in [-0.15, -0.1) is 0 Å². The molecule has 2 atom stereocenters. The van der Waals surface area contributed by atoms with Crippen LogP contribution in [0, 0.1) is 11.3 Å². The van der Waals surface area contributed by atoms with Crippen LogP contribution in [0.1, 0.15) is 51.8 Å².